The minimum absolute atomic E-state index is 0.00440. The molecule has 0 aliphatic heterocycles. The molecule has 0 radical (unpaired) electrons. The monoisotopic (exact) mass is 392 g/mol. The molecule has 0 spiro atoms. The summed E-state index contributed by atoms with van der Waals surface area (Å²) >= 11 is 0. The molecule has 0 amide bonds. The van der Waals surface area contributed by atoms with E-state index in [0.717, 1.165) is 38.2 Å². The molecular formula is C21H32F4O2. The van der Waals surface area contributed by atoms with E-state index in [9.17, 15) is 17.6 Å². The first-order valence-electron chi connectivity index (χ1n) is 9.78. The van der Waals surface area contributed by atoms with Gasteiger partial charge < -0.3 is 9.47 Å². The number of rotatable bonds is 13. The minimum Gasteiger partial charge on any atom is -0.353 e. The van der Waals surface area contributed by atoms with Crippen LogP contribution in [0.1, 0.15) is 70.8 Å². The number of ether oxygens (including phenoxy) is 2. The Balaban J connectivity index is 2.98. The van der Waals surface area contributed by atoms with Crippen LogP contribution in [-0.4, -0.2) is 20.0 Å². The summed E-state index contributed by atoms with van der Waals surface area (Å²) in [5, 5.41) is 0. The first-order chi connectivity index (χ1) is 12.9. The quantitative estimate of drug-likeness (QED) is 0.125. The second kappa shape index (κ2) is 11.6. The molecule has 0 fully saturated rings. The first kappa shape index (κ1) is 23.9. The van der Waals surface area contributed by atoms with Gasteiger partial charge in [-0.2, -0.15) is 0 Å². The van der Waals surface area contributed by atoms with Crippen LogP contribution in [0.5, 0.6) is 0 Å². The molecule has 6 heteroatoms. The lowest BCUT2D eigenvalue weighted by atomic mass is 9.84. The van der Waals surface area contributed by atoms with Gasteiger partial charge in [-0.15, -0.1) is 0 Å². The maximum atomic E-state index is 14.2. The summed E-state index contributed by atoms with van der Waals surface area (Å²) in [6.45, 7) is 4.03. The van der Waals surface area contributed by atoms with E-state index in [2.05, 4.69) is 6.92 Å². The van der Waals surface area contributed by atoms with Crippen molar-refractivity contribution in [2.75, 3.05) is 14.2 Å². The second-order valence-electron chi connectivity index (χ2n) is 6.99. The summed E-state index contributed by atoms with van der Waals surface area (Å²) in [5.74, 6) is -7.61. The Hall–Kier alpha value is -1.14. The average Bonchev–Trinajstić information content (AvgIpc) is 2.68. The Kier molecular flexibility index (Phi) is 10.3. The lowest BCUT2D eigenvalue weighted by Gasteiger charge is -2.38. The number of hydrogen-bond donors (Lipinski definition) is 0. The fourth-order valence-corrected chi connectivity index (χ4v) is 3.68. The predicted molar refractivity (Wildman–Crippen MR) is 98.5 cm³/mol. The van der Waals surface area contributed by atoms with E-state index in [-0.39, 0.29) is 17.9 Å². The third-order valence-electron chi connectivity index (χ3n) is 5.36. The van der Waals surface area contributed by atoms with E-state index < -0.39 is 29.1 Å². The van der Waals surface area contributed by atoms with Crippen LogP contribution < -0.4 is 0 Å². The van der Waals surface area contributed by atoms with Crippen molar-refractivity contribution >= 4 is 0 Å². The van der Waals surface area contributed by atoms with Crippen molar-refractivity contribution in [3.63, 3.8) is 0 Å². The maximum absolute atomic E-state index is 14.2. The number of hydrogen-bond acceptors (Lipinski definition) is 2. The number of halogens is 4. The standard InChI is InChI=1S/C21H32F4O2/c1-5-7-8-9-10-11-12-16(21(6-2,26-3)27-4)13-15-14-17(22)19(24)20(25)18(15)23/h14,16H,5-13H2,1-4H3. The molecule has 1 unspecified atom stereocenters. The van der Waals surface area contributed by atoms with Gasteiger partial charge in [0, 0.05) is 20.1 Å². The fraction of sp³-hybridized carbons (Fsp3) is 0.714. The molecule has 2 nitrogen and oxygen atoms in total. The van der Waals surface area contributed by atoms with Gasteiger partial charge in [-0.05, 0) is 30.9 Å². The van der Waals surface area contributed by atoms with Gasteiger partial charge in [-0.1, -0.05) is 52.4 Å². The molecule has 0 heterocycles. The molecule has 1 atom stereocenters. The molecule has 0 aliphatic carbocycles. The Morgan fingerprint density at radius 1 is 0.852 bits per heavy atom. The number of unbranched alkanes of at least 4 members (excludes halogenated alkanes) is 5. The van der Waals surface area contributed by atoms with E-state index in [1.54, 1.807) is 0 Å². The zero-order valence-corrected chi connectivity index (χ0v) is 16.8. The van der Waals surface area contributed by atoms with Gasteiger partial charge in [0.25, 0.3) is 0 Å². The van der Waals surface area contributed by atoms with Crippen LogP contribution in [0.2, 0.25) is 0 Å². The van der Waals surface area contributed by atoms with Crippen molar-refractivity contribution in [3.8, 4) is 0 Å². The first-order valence-corrected chi connectivity index (χ1v) is 9.78. The lowest BCUT2D eigenvalue weighted by molar-refractivity contribution is -0.243. The molecule has 1 rings (SSSR count). The van der Waals surface area contributed by atoms with Crippen molar-refractivity contribution in [1.29, 1.82) is 0 Å². The molecule has 0 N–H and O–H groups in total. The van der Waals surface area contributed by atoms with Crippen molar-refractivity contribution in [2.24, 2.45) is 5.92 Å². The summed E-state index contributed by atoms with van der Waals surface area (Å²) in [6, 6.07) is 0.730. The SMILES string of the molecule is CCCCCCCCC(Cc1cc(F)c(F)c(F)c1F)C(CC)(OC)OC. The largest absolute Gasteiger partial charge is 0.353 e. The zero-order valence-electron chi connectivity index (χ0n) is 16.8. The van der Waals surface area contributed by atoms with Crippen molar-refractivity contribution in [3.05, 3.63) is 34.9 Å². The Morgan fingerprint density at radius 3 is 2.00 bits per heavy atom. The lowest BCUT2D eigenvalue weighted by Crippen LogP contribution is -2.42. The average molecular weight is 392 g/mol. The van der Waals surface area contributed by atoms with E-state index >= 15 is 0 Å². The highest BCUT2D eigenvalue weighted by Crippen LogP contribution is 2.35. The van der Waals surface area contributed by atoms with Crippen molar-refractivity contribution in [2.45, 2.75) is 77.4 Å². The van der Waals surface area contributed by atoms with Gasteiger partial charge >= 0.3 is 0 Å². The van der Waals surface area contributed by atoms with Crippen LogP contribution in [0, 0.1) is 29.2 Å². The molecular weight excluding hydrogens is 360 g/mol. The summed E-state index contributed by atoms with van der Waals surface area (Å²) in [7, 11) is 3.01. The summed E-state index contributed by atoms with van der Waals surface area (Å²) in [6.07, 6.45) is 7.66. The highest BCUT2D eigenvalue weighted by Gasteiger charge is 2.38. The Bertz CT molecular complexity index is 566. The zero-order chi connectivity index (χ0) is 20.4. The van der Waals surface area contributed by atoms with E-state index in [0.29, 0.717) is 12.8 Å². The summed E-state index contributed by atoms with van der Waals surface area (Å²) in [5.41, 5.74) is -0.200. The third kappa shape index (κ3) is 6.18. The van der Waals surface area contributed by atoms with Gasteiger partial charge in [0.1, 0.15) is 0 Å². The molecule has 0 saturated heterocycles. The highest BCUT2D eigenvalue weighted by molar-refractivity contribution is 5.22. The Morgan fingerprint density at radius 2 is 1.44 bits per heavy atom. The van der Waals surface area contributed by atoms with Gasteiger partial charge in [-0.25, -0.2) is 17.6 Å². The second-order valence-corrected chi connectivity index (χ2v) is 6.99. The summed E-state index contributed by atoms with van der Waals surface area (Å²) < 4.78 is 65.8. The van der Waals surface area contributed by atoms with Crippen LogP contribution in [0.25, 0.3) is 0 Å². The molecule has 0 aromatic heterocycles. The normalized spacial score (nSPS) is 13.2. The van der Waals surface area contributed by atoms with E-state index in [1.165, 1.54) is 20.6 Å². The molecule has 1 aromatic rings. The number of benzene rings is 1. The van der Waals surface area contributed by atoms with Crippen LogP contribution in [0.4, 0.5) is 17.6 Å². The maximum Gasteiger partial charge on any atom is 0.197 e. The highest BCUT2D eigenvalue weighted by atomic mass is 19.2. The van der Waals surface area contributed by atoms with E-state index in [1.807, 2.05) is 6.92 Å². The summed E-state index contributed by atoms with van der Waals surface area (Å²) in [4.78, 5) is 0. The van der Waals surface area contributed by atoms with Crippen molar-refractivity contribution in [1.82, 2.24) is 0 Å². The fourth-order valence-electron chi connectivity index (χ4n) is 3.68. The van der Waals surface area contributed by atoms with Gasteiger partial charge in [-0.3, -0.25) is 0 Å². The third-order valence-corrected chi connectivity index (χ3v) is 5.36. The smallest absolute Gasteiger partial charge is 0.197 e. The van der Waals surface area contributed by atoms with Crippen molar-refractivity contribution < 1.29 is 27.0 Å². The van der Waals surface area contributed by atoms with Gasteiger partial charge in [0.15, 0.2) is 29.1 Å². The van der Waals surface area contributed by atoms with Crippen LogP contribution in [0.15, 0.2) is 6.07 Å². The molecule has 0 saturated carbocycles. The molecule has 156 valence electrons. The van der Waals surface area contributed by atoms with E-state index in [4.69, 9.17) is 9.47 Å². The molecule has 1 aromatic carbocycles. The molecule has 27 heavy (non-hydrogen) atoms. The topological polar surface area (TPSA) is 18.5 Å². The predicted octanol–water partition coefficient (Wildman–Crippen LogP) is 6.55. The van der Waals surface area contributed by atoms with Crippen LogP contribution >= 0.6 is 0 Å². The minimum atomic E-state index is -1.79. The van der Waals surface area contributed by atoms with Crippen LogP contribution in [0.3, 0.4) is 0 Å². The molecule has 0 aliphatic rings. The number of methoxy groups -OCH3 is 2. The van der Waals surface area contributed by atoms with Gasteiger partial charge in [0.05, 0.1) is 0 Å². The van der Waals surface area contributed by atoms with Gasteiger partial charge in [0.2, 0.25) is 0 Å². The Labute approximate surface area is 160 Å². The van der Waals surface area contributed by atoms with Crippen LogP contribution in [-0.2, 0) is 15.9 Å². The molecule has 0 bridgehead atoms.